The Morgan fingerprint density at radius 2 is 1.80 bits per heavy atom. The van der Waals surface area contributed by atoms with Gasteiger partial charge in [0.05, 0.1) is 5.92 Å². The number of carboxylic acid groups (broad SMARTS) is 1. The molecule has 5 nitrogen and oxygen atoms in total. The van der Waals surface area contributed by atoms with Crippen LogP contribution in [-0.4, -0.2) is 39.5 Å². The Bertz CT molecular complexity index is 533. The van der Waals surface area contributed by atoms with E-state index in [1.54, 1.807) is 9.80 Å². The highest BCUT2D eigenvalue weighted by atomic mass is 16.4. The van der Waals surface area contributed by atoms with Crippen molar-refractivity contribution in [3.8, 4) is 0 Å². The van der Waals surface area contributed by atoms with E-state index < -0.39 is 11.9 Å². The van der Waals surface area contributed by atoms with Crippen molar-refractivity contribution in [2.45, 2.75) is 32.5 Å². The summed E-state index contributed by atoms with van der Waals surface area (Å²) in [7, 11) is 0. The van der Waals surface area contributed by atoms with Crippen LogP contribution in [0.5, 0.6) is 0 Å². The molecule has 0 aliphatic carbocycles. The van der Waals surface area contributed by atoms with Crippen LogP contribution in [0.3, 0.4) is 0 Å². The van der Waals surface area contributed by atoms with Gasteiger partial charge in [-0.2, -0.15) is 0 Å². The summed E-state index contributed by atoms with van der Waals surface area (Å²) in [5.74, 6) is -1.25. The van der Waals surface area contributed by atoms with Crippen molar-refractivity contribution in [3.63, 3.8) is 0 Å². The van der Waals surface area contributed by atoms with E-state index in [9.17, 15) is 9.59 Å². The minimum Gasteiger partial charge on any atom is -0.481 e. The van der Waals surface area contributed by atoms with E-state index >= 15 is 0 Å². The molecule has 0 radical (unpaired) electrons. The Morgan fingerprint density at radius 1 is 1.20 bits per heavy atom. The molecule has 106 valence electrons. The van der Waals surface area contributed by atoms with Gasteiger partial charge in [0.1, 0.15) is 0 Å². The number of amides is 2. The van der Waals surface area contributed by atoms with E-state index in [0.29, 0.717) is 26.1 Å². The summed E-state index contributed by atoms with van der Waals surface area (Å²) in [6.07, 6.45) is 0.545. The lowest BCUT2D eigenvalue weighted by Crippen LogP contribution is -2.44. The highest BCUT2D eigenvalue weighted by Crippen LogP contribution is 2.29. The Hall–Kier alpha value is -2.04. The Labute approximate surface area is 117 Å². The highest BCUT2D eigenvalue weighted by Gasteiger charge is 2.40. The fraction of sp³-hybridized carbons (Fsp3) is 0.467. The second kappa shape index (κ2) is 4.81. The van der Waals surface area contributed by atoms with Crippen LogP contribution in [0, 0.1) is 5.92 Å². The van der Waals surface area contributed by atoms with Crippen molar-refractivity contribution in [2.75, 3.05) is 6.54 Å². The third kappa shape index (κ3) is 2.03. The number of hydrogen-bond acceptors (Lipinski definition) is 2. The van der Waals surface area contributed by atoms with Crippen LogP contribution in [0.25, 0.3) is 0 Å². The fourth-order valence-electron chi connectivity index (χ4n) is 3.19. The quantitative estimate of drug-likeness (QED) is 0.851. The van der Waals surface area contributed by atoms with E-state index in [4.69, 9.17) is 5.11 Å². The molecule has 2 unspecified atom stereocenters. The Kier molecular flexibility index (Phi) is 3.12. The van der Waals surface area contributed by atoms with Gasteiger partial charge >= 0.3 is 12.0 Å². The van der Waals surface area contributed by atoms with Crippen LogP contribution in [0.15, 0.2) is 24.3 Å². The minimum absolute atomic E-state index is 0.0440. The topological polar surface area (TPSA) is 60.9 Å². The molecule has 2 atom stereocenters. The molecule has 1 fully saturated rings. The van der Waals surface area contributed by atoms with Gasteiger partial charge in [0.25, 0.3) is 0 Å². The van der Waals surface area contributed by atoms with Crippen molar-refractivity contribution >= 4 is 12.0 Å². The number of likely N-dealkylation sites (tertiary alicyclic amines) is 1. The predicted molar refractivity (Wildman–Crippen MR) is 73.0 cm³/mol. The first-order valence-corrected chi connectivity index (χ1v) is 6.93. The highest BCUT2D eigenvalue weighted by molar-refractivity contribution is 5.78. The Morgan fingerprint density at radius 3 is 2.30 bits per heavy atom. The van der Waals surface area contributed by atoms with E-state index in [2.05, 4.69) is 0 Å². The normalized spacial score (nSPS) is 24.9. The molecule has 0 bridgehead atoms. The summed E-state index contributed by atoms with van der Waals surface area (Å²) >= 11 is 0. The van der Waals surface area contributed by atoms with Gasteiger partial charge in [-0.3, -0.25) is 4.79 Å². The molecule has 2 amide bonds. The number of carbonyl (C=O) groups excluding carboxylic acids is 1. The fourth-order valence-corrected chi connectivity index (χ4v) is 3.19. The lowest BCUT2D eigenvalue weighted by Gasteiger charge is -2.28. The minimum atomic E-state index is -0.808. The van der Waals surface area contributed by atoms with Crippen molar-refractivity contribution in [3.05, 3.63) is 35.4 Å². The number of carboxylic acids is 1. The summed E-state index contributed by atoms with van der Waals surface area (Å²) < 4.78 is 0. The van der Waals surface area contributed by atoms with Crippen LogP contribution < -0.4 is 0 Å². The maximum absolute atomic E-state index is 12.6. The zero-order valence-corrected chi connectivity index (χ0v) is 11.5. The lowest BCUT2D eigenvalue weighted by atomic mass is 10.0. The molecule has 1 N–H and O–H groups in total. The van der Waals surface area contributed by atoms with Gasteiger partial charge in [0, 0.05) is 25.7 Å². The van der Waals surface area contributed by atoms with E-state index in [0.717, 1.165) is 0 Å². The van der Waals surface area contributed by atoms with Crippen molar-refractivity contribution in [1.82, 2.24) is 9.80 Å². The van der Waals surface area contributed by atoms with Crippen LogP contribution in [0.4, 0.5) is 4.79 Å². The molecule has 0 spiro atoms. The second-order valence-electron chi connectivity index (χ2n) is 5.57. The SMILES string of the molecule is CC1C(C(=O)O)CCN1C(=O)N1Cc2ccccc2C1. The molecule has 2 heterocycles. The van der Waals surface area contributed by atoms with Gasteiger partial charge in [-0.05, 0) is 24.5 Å². The van der Waals surface area contributed by atoms with Gasteiger partial charge in [-0.25, -0.2) is 4.79 Å². The van der Waals surface area contributed by atoms with Crippen LogP contribution in [-0.2, 0) is 17.9 Å². The van der Waals surface area contributed by atoms with Gasteiger partial charge in [0.15, 0.2) is 0 Å². The van der Waals surface area contributed by atoms with E-state index in [-0.39, 0.29) is 12.1 Å². The molecule has 0 aromatic heterocycles. The molecule has 3 rings (SSSR count). The van der Waals surface area contributed by atoms with Crippen molar-refractivity contribution < 1.29 is 14.7 Å². The molecule has 1 saturated heterocycles. The monoisotopic (exact) mass is 274 g/mol. The number of urea groups is 1. The lowest BCUT2D eigenvalue weighted by molar-refractivity contribution is -0.142. The summed E-state index contributed by atoms with van der Waals surface area (Å²) in [6.45, 7) is 3.60. The van der Waals surface area contributed by atoms with Crippen LogP contribution in [0.1, 0.15) is 24.5 Å². The van der Waals surface area contributed by atoms with Gasteiger partial charge in [-0.1, -0.05) is 24.3 Å². The van der Waals surface area contributed by atoms with Gasteiger partial charge < -0.3 is 14.9 Å². The Balaban J connectivity index is 1.71. The number of carbonyl (C=O) groups is 2. The van der Waals surface area contributed by atoms with Crippen LogP contribution >= 0.6 is 0 Å². The summed E-state index contributed by atoms with van der Waals surface area (Å²) in [6, 6.07) is 7.75. The first kappa shape index (κ1) is 13.0. The summed E-state index contributed by atoms with van der Waals surface area (Å²) in [5, 5.41) is 9.14. The zero-order chi connectivity index (χ0) is 14.3. The number of aliphatic carboxylic acids is 1. The average Bonchev–Trinajstić information content (AvgIpc) is 3.01. The van der Waals surface area contributed by atoms with Gasteiger partial charge in [-0.15, -0.1) is 0 Å². The second-order valence-corrected chi connectivity index (χ2v) is 5.57. The average molecular weight is 274 g/mol. The molecule has 2 aliphatic heterocycles. The third-order valence-electron chi connectivity index (χ3n) is 4.43. The number of rotatable bonds is 1. The largest absolute Gasteiger partial charge is 0.481 e. The molecule has 20 heavy (non-hydrogen) atoms. The number of hydrogen-bond donors (Lipinski definition) is 1. The van der Waals surface area contributed by atoms with Crippen LogP contribution in [0.2, 0.25) is 0 Å². The number of benzene rings is 1. The van der Waals surface area contributed by atoms with E-state index in [1.165, 1.54) is 11.1 Å². The molecule has 5 heteroatoms. The first-order chi connectivity index (χ1) is 9.58. The molecular weight excluding hydrogens is 256 g/mol. The third-order valence-corrected chi connectivity index (χ3v) is 4.43. The molecule has 2 aliphatic rings. The van der Waals surface area contributed by atoms with E-state index in [1.807, 2.05) is 31.2 Å². The number of nitrogens with zero attached hydrogens (tertiary/aromatic N) is 2. The standard InChI is InChI=1S/C15H18N2O3/c1-10-13(14(18)19)6-7-17(10)15(20)16-8-11-4-2-3-5-12(11)9-16/h2-5,10,13H,6-9H2,1H3,(H,18,19). The maximum Gasteiger partial charge on any atom is 0.320 e. The van der Waals surface area contributed by atoms with Gasteiger partial charge in [0.2, 0.25) is 0 Å². The zero-order valence-electron chi connectivity index (χ0n) is 11.5. The molecule has 1 aromatic carbocycles. The van der Waals surface area contributed by atoms with Crippen molar-refractivity contribution in [2.24, 2.45) is 5.92 Å². The summed E-state index contributed by atoms with van der Waals surface area (Å²) in [5.41, 5.74) is 2.37. The molecular formula is C15H18N2O3. The maximum atomic E-state index is 12.6. The van der Waals surface area contributed by atoms with Crippen molar-refractivity contribution in [1.29, 1.82) is 0 Å². The smallest absolute Gasteiger partial charge is 0.320 e. The molecule has 0 saturated carbocycles. The summed E-state index contributed by atoms with van der Waals surface area (Å²) in [4.78, 5) is 27.2. The first-order valence-electron chi connectivity index (χ1n) is 6.93. The number of fused-ring (bicyclic) bond motifs is 1. The predicted octanol–water partition coefficient (Wildman–Crippen LogP) is 1.92. The molecule has 1 aromatic rings.